The fraction of sp³-hybridized carbons (Fsp3) is 0. The molecule has 1 aromatic carbocycles. The molecule has 0 aliphatic carbocycles. The smallest absolute Gasteiger partial charge is 0.142 e. The molecule has 0 radical (unpaired) electrons. The largest absolute Gasteiger partial charge is 0.506 e. The van der Waals surface area contributed by atoms with Crippen LogP contribution in [0.5, 0.6) is 5.75 Å². The van der Waals surface area contributed by atoms with Crippen LogP contribution in [0.1, 0.15) is 5.56 Å². The van der Waals surface area contributed by atoms with E-state index in [9.17, 15) is 5.11 Å². The molecule has 58 valence electrons. The standard InChI is InChI=1S/C8H6BrClO/c1-2-5-3-4-6(9)7(10)8(5)11/h2-4,11H,1H2. The van der Waals surface area contributed by atoms with Crippen molar-refractivity contribution in [3.63, 3.8) is 0 Å². The lowest BCUT2D eigenvalue weighted by Gasteiger charge is -2.02. The Labute approximate surface area is 78.4 Å². The minimum atomic E-state index is 0.0658. The molecule has 0 unspecified atom stereocenters. The molecule has 1 aromatic rings. The van der Waals surface area contributed by atoms with Crippen LogP contribution in [-0.4, -0.2) is 5.11 Å². The van der Waals surface area contributed by atoms with Gasteiger partial charge >= 0.3 is 0 Å². The molecular weight excluding hydrogens is 227 g/mol. The topological polar surface area (TPSA) is 20.2 Å². The van der Waals surface area contributed by atoms with E-state index in [1.54, 1.807) is 18.2 Å². The summed E-state index contributed by atoms with van der Waals surface area (Å²) in [5.41, 5.74) is 0.637. The van der Waals surface area contributed by atoms with Crippen molar-refractivity contribution >= 4 is 33.6 Å². The van der Waals surface area contributed by atoms with Gasteiger partial charge in [0.15, 0.2) is 0 Å². The monoisotopic (exact) mass is 232 g/mol. The summed E-state index contributed by atoms with van der Waals surface area (Å²) in [6, 6.07) is 3.50. The van der Waals surface area contributed by atoms with Gasteiger partial charge in [-0.05, 0) is 22.0 Å². The fourth-order valence-electron chi connectivity index (χ4n) is 0.720. The van der Waals surface area contributed by atoms with Gasteiger partial charge in [0, 0.05) is 10.0 Å². The maximum absolute atomic E-state index is 9.35. The molecule has 0 saturated heterocycles. The average Bonchev–Trinajstić information content (AvgIpc) is 2.01. The Kier molecular flexibility index (Phi) is 2.58. The number of rotatable bonds is 1. The summed E-state index contributed by atoms with van der Waals surface area (Å²) in [5, 5.41) is 9.67. The number of benzene rings is 1. The number of aromatic hydroxyl groups is 1. The van der Waals surface area contributed by atoms with Crippen LogP contribution in [0.2, 0.25) is 5.02 Å². The Morgan fingerprint density at radius 1 is 1.55 bits per heavy atom. The molecule has 1 N–H and O–H groups in total. The van der Waals surface area contributed by atoms with Gasteiger partial charge in [-0.15, -0.1) is 0 Å². The number of phenols is 1. The van der Waals surface area contributed by atoms with Crippen molar-refractivity contribution in [1.29, 1.82) is 0 Å². The predicted octanol–water partition coefficient (Wildman–Crippen LogP) is 3.45. The van der Waals surface area contributed by atoms with Crippen molar-refractivity contribution in [3.8, 4) is 5.75 Å². The number of hydrogen-bond donors (Lipinski definition) is 1. The van der Waals surface area contributed by atoms with Gasteiger partial charge in [0.1, 0.15) is 5.75 Å². The molecule has 0 spiro atoms. The maximum Gasteiger partial charge on any atom is 0.142 e. The Balaban J connectivity index is 3.36. The van der Waals surface area contributed by atoms with E-state index in [1.165, 1.54) is 0 Å². The quantitative estimate of drug-likeness (QED) is 0.788. The summed E-state index contributed by atoms with van der Waals surface area (Å²) < 4.78 is 0.683. The third-order valence-electron chi connectivity index (χ3n) is 1.32. The Morgan fingerprint density at radius 2 is 2.18 bits per heavy atom. The predicted molar refractivity (Wildman–Crippen MR) is 50.9 cm³/mol. The lowest BCUT2D eigenvalue weighted by atomic mass is 10.2. The zero-order chi connectivity index (χ0) is 8.43. The molecular formula is C8H6BrClO. The van der Waals surface area contributed by atoms with Crippen LogP contribution >= 0.6 is 27.5 Å². The van der Waals surface area contributed by atoms with E-state index in [0.29, 0.717) is 15.1 Å². The second-order valence-corrected chi connectivity index (χ2v) is 3.24. The van der Waals surface area contributed by atoms with E-state index < -0.39 is 0 Å². The lowest BCUT2D eigenvalue weighted by Crippen LogP contribution is -1.76. The first-order valence-electron chi connectivity index (χ1n) is 2.96. The van der Waals surface area contributed by atoms with Crippen molar-refractivity contribution in [2.24, 2.45) is 0 Å². The van der Waals surface area contributed by atoms with Crippen LogP contribution in [0.25, 0.3) is 6.08 Å². The second-order valence-electron chi connectivity index (χ2n) is 2.00. The van der Waals surface area contributed by atoms with Crippen molar-refractivity contribution in [2.75, 3.05) is 0 Å². The zero-order valence-electron chi connectivity index (χ0n) is 5.64. The zero-order valence-corrected chi connectivity index (χ0v) is 7.98. The highest BCUT2D eigenvalue weighted by Gasteiger charge is 2.05. The molecule has 0 amide bonds. The van der Waals surface area contributed by atoms with Crippen LogP contribution in [-0.2, 0) is 0 Å². The van der Waals surface area contributed by atoms with Gasteiger partial charge in [0.2, 0.25) is 0 Å². The summed E-state index contributed by atoms with van der Waals surface area (Å²) in [4.78, 5) is 0. The lowest BCUT2D eigenvalue weighted by molar-refractivity contribution is 0.474. The fourth-order valence-corrected chi connectivity index (χ4v) is 1.21. The molecule has 0 atom stereocenters. The highest BCUT2D eigenvalue weighted by Crippen LogP contribution is 2.34. The molecule has 3 heteroatoms. The van der Waals surface area contributed by atoms with Gasteiger partial charge in [0.05, 0.1) is 5.02 Å². The Bertz CT molecular complexity index is 296. The SMILES string of the molecule is C=Cc1ccc(Br)c(Cl)c1O. The molecule has 0 fully saturated rings. The van der Waals surface area contributed by atoms with Crippen LogP contribution in [0.15, 0.2) is 23.2 Å². The van der Waals surface area contributed by atoms with Crippen molar-refractivity contribution in [1.82, 2.24) is 0 Å². The van der Waals surface area contributed by atoms with E-state index >= 15 is 0 Å². The van der Waals surface area contributed by atoms with E-state index in [2.05, 4.69) is 22.5 Å². The number of hydrogen-bond acceptors (Lipinski definition) is 1. The molecule has 0 saturated carbocycles. The van der Waals surface area contributed by atoms with Gasteiger partial charge in [-0.2, -0.15) is 0 Å². The van der Waals surface area contributed by atoms with E-state index in [-0.39, 0.29) is 5.75 Å². The number of phenolic OH excluding ortho intramolecular Hbond substituents is 1. The molecule has 0 heterocycles. The summed E-state index contributed by atoms with van der Waals surface area (Å²) in [5.74, 6) is 0.0658. The molecule has 1 nitrogen and oxygen atoms in total. The average molecular weight is 233 g/mol. The third kappa shape index (κ3) is 1.57. The van der Waals surface area contributed by atoms with Gasteiger partial charge in [-0.1, -0.05) is 30.3 Å². The first kappa shape index (κ1) is 8.62. The maximum atomic E-state index is 9.35. The van der Waals surface area contributed by atoms with E-state index in [4.69, 9.17) is 11.6 Å². The van der Waals surface area contributed by atoms with Gasteiger partial charge in [-0.25, -0.2) is 0 Å². The minimum absolute atomic E-state index is 0.0658. The van der Waals surface area contributed by atoms with Crippen molar-refractivity contribution < 1.29 is 5.11 Å². The van der Waals surface area contributed by atoms with E-state index in [0.717, 1.165) is 0 Å². The van der Waals surface area contributed by atoms with Gasteiger partial charge < -0.3 is 5.11 Å². The summed E-state index contributed by atoms with van der Waals surface area (Å²) in [6.45, 7) is 3.53. The first-order valence-corrected chi connectivity index (χ1v) is 4.13. The summed E-state index contributed by atoms with van der Waals surface area (Å²) in [6.07, 6.45) is 1.55. The molecule has 0 aliphatic rings. The molecule has 0 aromatic heterocycles. The summed E-state index contributed by atoms with van der Waals surface area (Å²) >= 11 is 8.90. The second kappa shape index (κ2) is 3.28. The van der Waals surface area contributed by atoms with Gasteiger partial charge in [0.25, 0.3) is 0 Å². The highest BCUT2D eigenvalue weighted by atomic mass is 79.9. The van der Waals surface area contributed by atoms with Crippen molar-refractivity contribution in [2.45, 2.75) is 0 Å². The summed E-state index contributed by atoms with van der Waals surface area (Å²) in [7, 11) is 0. The minimum Gasteiger partial charge on any atom is -0.506 e. The molecule has 0 aliphatic heterocycles. The van der Waals surface area contributed by atoms with Crippen LogP contribution < -0.4 is 0 Å². The highest BCUT2D eigenvalue weighted by molar-refractivity contribution is 9.10. The first-order chi connectivity index (χ1) is 5.16. The van der Waals surface area contributed by atoms with Crippen LogP contribution in [0.4, 0.5) is 0 Å². The molecule has 0 bridgehead atoms. The van der Waals surface area contributed by atoms with Crippen LogP contribution in [0.3, 0.4) is 0 Å². The van der Waals surface area contributed by atoms with Crippen LogP contribution in [0, 0.1) is 0 Å². The Hall–Kier alpha value is -0.470. The van der Waals surface area contributed by atoms with Gasteiger partial charge in [-0.3, -0.25) is 0 Å². The third-order valence-corrected chi connectivity index (χ3v) is 2.59. The molecule has 1 rings (SSSR count). The van der Waals surface area contributed by atoms with E-state index in [1.807, 2.05) is 0 Å². The molecule has 11 heavy (non-hydrogen) atoms. The Morgan fingerprint density at radius 3 is 2.73 bits per heavy atom. The number of halogens is 2. The normalized spacial score (nSPS) is 9.64. The van der Waals surface area contributed by atoms with Crippen molar-refractivity contribution in [3.05, 3.63) is 33.8 Å².